The number of aromatic carboxylic acids is 1. The van der Waals surface area contributed by atoms with E-state index in [1.807, 2.05) is 6.92 Å². The number of aliphatic imine (C=N–C) groups is 1. The fourth-order valence-electron chi connectivity index (χ4n) is 3.37. The molecule has 1 heterocycles. The van der Waals surface area contributed by atoms with Crippen molar-refractivity contribution in [3.63, 3.8) is 0 Å². The number of aromatic nitrogens is 1. The first-order chi connectivity index (χ1) is 20.5. The number of carboxylic acid groups (broad SMARTS) is 1. The van der Waals surface area contributed by atoms with Crippen molar-refractivity contribution in [3.05, 3.63) is 95.5 Å². The number of benzene rings is 3. The third-order valence-electron chi connectivity index (χ3n) is 5.57. The van der Waals surface area contributed by atoms with Gasteiger partial charge in [-0.25, -0.2) is 23.0 Å². The van der Waals surface area contributed by atoms with Crippen LogP contribution in [-0.2, 0) is 14.6 Å². The van der Waals surface area contributed by atoms with Gasteiger partial charge >= 0.3 is 11.9 Å². The summed E-state index contributed by atoms with van der Waals surface area (Å²) in [4.78, 5) is 39.9. The van der Waals surface area contributed by atoms with Gasteiger partial charge in [0.1, 0.15) is 17.4 Å². The van der Waals surface area contributed by atoms with E-state index in [0.29, 0.717) is 45.1 Å². The summed E-state index contributed by atoms with van der Waals surface area (Å²) in [6.07, 6.45) is 3.51. The lowest BCUT2D eigenvalue weighted by Crippen LogP contribution is -2.04. The number of aryl methyl sites for hydroxylation is 1. The van der Waals surface area contributed by atoms with E-state index in [1.54, 1.807) is 30.3 Å². The van der Waals surface area contributed by atoms with Crippen molar-refractivity contribution < 1.29 is 46.5 Å². The molecule has 4 aromatic rings. The largest absolute Gasteiger partial charge is 0.496 e. The molecule has 0 saturated heterocycles. The molecule has 3 aromatic carbocycles. The Hall–Kier alpha value is -5.30. The van der Waals surface area contributed by atoms with Crippen LogP contribution in [0.15, 0.2) is 87.6 Å². The number of sulfone groups is 1. The zero-order valence-corrected chi connectivity index (χ0v) is 24.7. The fraction of sp³-hybridized carbons (Fsp3) is 0.167. The number of carbonyl (C=O) groups is 3. The molecule has 12 nitrogen and oxygen atoms in total. The van der Waals surface area contributed by atoms with Gasteiger partial charge in [0.05, 0.1) is 54.7 Å². The van der Waals surface area contributed by atoms with Gasteiger partial charge in [-0.15, -0.1) is 0 Å². The summed E-state index contributed by atoms with van der Waals surface area (Å²) in [5.74, 6) is -0.368. The van der Waals surface area contributed by atoms with Crippen molar-refractivity contribution in [2.75, 3.05) is 27.2 Å². The predicted octanol–water partition coefficient (Wildman–Crippen LogP) is 4.77. The molecular formula is C30H30N2O10S. The summed E-state index contributed by atoms with van der Waals surface area (Å²) in [5, 5.41) is 8.83. The molecule has 0 amide bonds. The Morgan fingerprint density at radius 1 is 0.977 bits per heavy atom. The molecule has 0 spiro atoms. The van der Waals surface area contributed by atoms with Gasteiger partial charge in [0.2, 0.25) is 0 Å². The molecular weight excluding hydrogens is 580 g/mol. The lowest BCUT2D eigenvalue weighted by molar-refractivity contribution is 0.0599. The molecule has 0 aliphatic carbocycles. The van der Waals surface area contributed by atoms with Crippen molar-refractivity contribution in [3.8, 4) is 22.8 Å². The molecule has 13 heteroatoms. The summed E-state index contributed by atoms with van der Waals surface area (Å²) in [6.45, 7) is 5.06. The van der Waals surface area contributed by atoms with Crippen LogP contribution in [0.3, 0.4) is 0 Å². The quantitative estimate of drug-likeness (QED) is 0.157. The fourth-order valence-corrected chi connectivity index (χ4v) is 4.31. The van der Waals surface area contributed by atoms with E-state index in [0.717, 1.165) is 5.56 Å². The van der Waals surface area contributed by atoms with Crippen LogP contribution in [0.5, 0.6) is 11.5 Å². The highest BCUT2D eigenvalue weighted by Crippen LogP contribution is 2.30. The van der Waals surface area contributed by atoms with Crippen molar-refractivity contribution in [1.29, 1.82) is 0 Å². The first kappa shape index (κ1) is 33.9. The second-order valence-electron chi connectivity index (χ2n) is 8.43. The van der Waals surface area contributed by atoms with E-state index in [4.69, 9.17) is 19.0 Å². The van der Waals surface area contributed by atoms with Gasteiger partial charge in [-0.1, -0.05) is 17.7 Å². The number of carbonyl (C=O) groups excluding carboxylic acids is 2. The normalized spacial score (nSPS) is 10.1. The lowest BCUT2D eigenvalue weighted by Gasteiger charge is -2.06. The van der Waals surface area contributed by atoms with Crippen LogP contribution in [0.1, 0.15) is 36.6 Å². The number of hydrogen-bond donors (Lipinski definition) is 1. The van der Waals surface area contributed by atoms with E-state index < -0.39 is 21.8 Å². The number of hydrogen-bond acceptors (Lipinski definition) is 11. The number of carboxylic acids is 1. The van der Waals surface area contributed by atoms with Gasteiger partial charge in [-0.05, 0) is 62.2 Å². The Labute approximate surface area is 248 Å². The Bertz CT molecular complexity index is 1650. The van der Waals surface area contributed by atoms with Crippen LogP contribution in [0.4, 0.5) is 0 Å². The van der Waals surface area contributed by atoms with E-state index >= 15 is 0 Å². The SMILES string of the molecule is C=NCS(=O)(=O)c1ccc(C)cc1.COC(=O)c1ccc(C=O)c(OC)c1.COc1cc(C(=O)O)ccc1-c1cnco1. The molecule has 0 bridgehead atoms. The van der Waals surface area contributed by atoms with E-state index in [-0.39, 0.29) is 11.4 Å². The molecule has 0 aliphatic rings. The molecule has 4 rings (SSSR count). The third-order valence-corrected chi connectivity index (χ3v) is 7.08. The Kier molecular flexibility index (Phi) is 12.8. The van der Waals surface area contributed by atoms with E-state index in [2.05, 4.69) is 21.4 Å². The van der Waals surface area contributed by atoms with Crippen LogP contribution in [-0.4, -0.2) is 70.7 Å². The van der Waals surface area contributed by atoms with Crippen molar-refractivity contribution in [1.82, 2.24) is 4.98 Å². The highest BCUT2D eigenvalue weighted by Gasteiger charge is 2.13. The Balaban J connectivity index is 0.000000227. The van der Waals surface area contributed by atoms with Crippen LogP contribution in [0.25, 0.3) is 11.3 Å². The number of ether oxygens (including phenoxy) is 3. The zero-order chi connectivity index (χ0) is 32.0. The van der Waals surface area contributed by atoms with Gasteiger partial charge in [0.15, 0.2) is 28.3 Å². The number of nitrogens with zero attached hydrogens (tertiary/aromatic N) is 2. The predicted molar refractivity (Wildman–Crippen MR) is 158 cm³/mol. The number of esters is 1. The molecule has 226 valence electrons. The summed E-state index contributed by atoms with van der Waals surface area (Å²) >= 11 is 0. The topological polar surface area (TPSA) is 172 Å². The van der Waals surface area contributed by atoms with Crippen LogP contribution in [0.2, 0.25) is 0 Å². The minimum Gasteiger partial charge on any atom is -0.496 e. The van der Waals surface area contributed by atoms with Gasteiger partial charge < -0.3 is 23.7 Å². The second-order valence-corrected chi connectivity index (χ2v) is 10.4. The van der Waals surface area contributed by atoms with Crippen LogP contribution >= 0.6 is 0 Å². The maximum absolute atomic E-state index is 11.4. The van der Waals surface area contributed by atoms with Crippen molar-refractivity contribution in [2.45, 2.75) is 11.8 Å². The van der Waals surface area contributed by atoms with Gasteiger partial charge in [0, 0.05) is 0 Å². The van der Waals surface area contributed by atoms with Gasteiger partial charge in [-0.2, -0.15) is 0 Å². The van der Waals surface area contributed by atoms with E-state index in [1.165, 1.54) is 64.3 Å². The average Bonchev–Trinajstić information content (AvgIpc) is 3.55. The first-order valence-corrected chi connectivity index (χ1v) is 13.9. The number of methoxy groups -OCH3 is 3. The zero-order valence-electron chi connectivity index (χ0n) is 23.8. The monoisotopic (exact) mass is 610 g/mol. The van der Waals surface area contributed by atoms with Crippen molar-refractivity contribution in [2.24, 2.45) is 4.99 Å². The maximum atomic E-state index is 11.4. The van der Waals surface area contributed by atoms with Gasteiger partial charge in [-0.3, -0.25) is 9.79 Å². The van der Waals surface area contributed by atoms with Crippen molar-refractivity contribution >= 4 is 34.8 Å². The number of rotatable bonds is 9. The van der Waals surface area contributed by atoms with Gasteiger partial charge in [0.25, 0.3) is 0 Å². The molecule has 0 aliphatic heterocycles. The Morgan fingerprint density at radius 3 is 2.12 bits per heavy atom. The lowest BCUT2D eigenvalue weighted by atomic mass is 10.1. The molecule has 43 heavy (non-hydrogen) atoms. The minimum atomic E-state index is -3.26. The molecule has 0 unspecified atom stereocenters. The highest BCUT2D eigenvalue weighted by atomic mass is 32.2. The van der Waals surface area contributed by atoms with E-state index in [9.17, 15) is 22.8 Å². The third kappa shape index (κ3) is 9.64. The minimum absolute atomic E-state index is 0.167. The summed E-state index contributed by atoms with van der Waals surface area (Å²) in [6, 6.07) is 15.7. The van der Waals surface area contributed by atoms with Crippen LogP contribution in [0, 0.1) is 6.92 Å². The molecule has 1 N–H and O–H groups in total. The first-order valence-electron chi connectivity index (χ1n) is 12.2. The summed E-state index contributed by atoms with van der Waals surface area (Å²) in [5.41, 5.74) is 2.63. The summed E-state index contributed by atoms with van der Waals surface area (Å²) < 4.78 is 42.5. The standard InChI is InChI=1S/C11H9NO4.C10H10O4.C9H11NO2S/c1-15-9-4-7(11(13)14)2-3-8(9)10-5-12-6-16-10;1-13-9-5-7(10(12)14-2)3-4-8(9)6-11;1-8-3-5-9(6-4-8)13(11,12)7-10-2/h2-6H,1H3,(H,13,14);3-6H,1-2H3;3-6H,2,7H2,1H3. The highest BCUT2D eigenvalue weighted by molar-refractivity contribution is 7.91. The van der Waals surface area contributed by atoms with Crippen LogP contribution < -0.4 is 9.47 Å². The smallest absolute Gasteiger partial charge is 0.337 e. The maximum Gasteiger partial charge on any atom is 0.337 e. The number of oxazole rings is 1. The Morgan fingerprint density at radius 2 is 1.60 bits per heavy atom. The summed E-state index contributed by atoms with van der Waals surface area (Å²) in [7, 11) is 0.945. The average molecular weight is 611 g/mol. The molecule has 0 radical (unpaired) electrons. The molecule has 0 fully saturated rings. The molecule has 1 aromatic heterocycles. The molecule has 0 saturated carbocycles. The second kappa shape index (κ2) is 16.2. The number of aldehydes is 1. The molecule has 0 atom stereocenters.